The van der Waals surface area contributed by atoms with Crippen LogP contribution < -0.4 is 4.74 Å². The molecule has 1 atom stereocenters. The van der Waals surface area contributed by atoms with Gasteiger partial charge in [0.05, 0.1) is 12.3 Å². The predicted octanol–water partition coefficient (Wildman–Crippen LogP) is 1.77. The van der Waals surface area contributed by atoms with Crippen LogP contribution in [0.25, 0.3) is 0 Å². The van der Waals surface area contributed by atoms with Gasteiger partial charge in [0.25, 0.3) is 5.91 Å². The molecule has 0 saturated carbocycles. The molecule has 8 heteroatoms. The van der Waals surface area contributed by atoms with Gasteiger partial charge in [-0.3, -0.25) is 4.79 Å². The Hall–Kier alpha value is -2.45. The first-order valence-corrected chi connectivity index (χ1v) is 10.3. The lowest BCUT2D eigenvalue weighted by atomic mass is 10.2. The van der Waals surface area contributed by atoms with Gasteiger partial charge in [-0.1, -0.05) is 30.3 Å². The van der Waals surface area contributed by atoms with Crippen molar-refractivity contribution in [3.8, 4) is 5.88 Å². The summed E-state index contributed by atoms with van der Waals surface area (Å²) in [5.74, 6) is 0.00211. The number of hydrogen-bond donors (Lipinski definition) is 0. The van der Waals surface area contributed by atoms with Crippen LogP contribution in [0.4, 0.5) is 0 Å². The Kier molecular flexibility index (Phi) is 5.76. The Bertz CT molecular complexity index is 900. The zero-order valence-electron chi connectivity index (χ0n) is 15.4. The van der Waals surface area contributed by atoms with Gasteiger partial charge in [-0.2, -0.15) is 4.31 Å². The highest BCUT2D eigenvalue weighted by Gasteiger charge is 2.33. The Labute approximate surface area is 159 Å². The molecule has 1 aromatic carbocycles. The lowest BCUT2D eigenvalue weighted by Gasteiger charge is -2.18. The number of benzene rings is 1. The van der Waals surface area contributed by atoms with Gasteiger partial charge < -0.3 is 9.64 Å². The highest BCUT2D eigenvalue weighted by molar-refractivity contribution is 7.88. The number of amides is 1. The summed E-state index contributed by atoms with van der Waals surface area (Å²) in [5.41, 5.74) is 1.12. The normalized spacial score (nSPS) is 17.6. The van der Waals surface area contributed by atoms with Crippen molar-refractivity contribution in [3.63, 3.8) is 0 Å². The van der Waals surface area contributed by atoms with Crippen molar-refractivity contribution >= 4 is 15.9 Å². The van der Waals surface area contributed by atoms with Crippen molar-refractivity contribution in [1.82, 2.24) is 14.2 Å². The van der Waals surface area contributed by atoms with Crippen molar-refractivity contribution in [2.45, 2.75) is 18.3 Å². The maximum Gasteiger partial charge on any atom is 0.258 e. The minimum atomic E-state index is -3.42. The fraction of sp³-hybridized carbons (Fsp3) is 0.368. The summed E-state index contributed by atoms with van der Waals surface area (Å²) < 4.78 is 32.7. The van der Waals surface area contributed by atoms with E-state index in [-0.39, 0.29) is 30.2 Å². The van der Waals surface area contributed by atoms with Crippen molar-refractivity contribution in [1.29, 1.82) is 0 Å². The molecule has 0 bridgehead atoms. The molecule has 0 aliphatic carbocycles. The molecule has 1 aromatic heterocycles. The van der Waals surface area contributed by atoms with Crippen LogP contribution in [0.5, 0.6) is 5.88 Å². The van der Waals surface area contributed by atoms with Crippen molar-refractivity contribution in [3.05, 3.63) is 59.8 Å². The molecule has 1 amide bonds. The third-order valence-electron chi connectivity index (χ3n) is 4.38. The van der Waals surface area contributed by atoms with Crippen molar-refractivity contribution in [2.24, 2.45) is 0 Å². The zero-order chi connectivity index (χ0) is 19.4. The van der Waals surface area contributed by atoms with E-state index in [2.05, 4.69) is 4.98 Å². The molecule has 1 unspecified atom stereocenters. The van der Waals surface area contributed by atoms with E-state index in [0.29, 0.717) is 18.5 Å². The second-order valence-corrected chi connectivity index (χ2v) is 8.65. The number of sulfonamides is 1. The van der Waals surface area contributed by atoms with Crippen LogP contribution in [0.1, 0.15) is 22.3 Å². The summed E-state index contributed by atoms with van der Waals surface area (Å²) >= 11 is 0. The number of carbonyl (C=O) groups is 1. The van der Waals surface area contributed by atoms with E-state index < -0.39 is 10.0 Å². The van der Waals surface area contributed by atoms with Gasteiger partial charge in [0.2, 0.25) is 15.9 Å². The number of carbonyl (C=O) groups excluding carboxylic acids is 1. The van der Waals surface area contributed by atoms with Gasteiger partial charge in [-0.25, -0.2) is 13.4 Å². The molecule has 0 spiro atoms. The van der Waals surface area contributed by atoms with Crippen LogP contribution in [0.15, 0.2) is 48.7 Å². The fourth-order valence-corrected chi connectivity index (χ4v) is 4.54. The molecule has 0 radical (unpaired) electrons. The van der Waals surface area contributed by atoms with Crippen LogP contribution in [-0.2, 0) is 15.8 Å². The largest absolute Gasteiger partial charge is 0.472 e. The number of aromatic nitrogens is 1. The smallest absolute Gasteiger partial charge is 0.258 e. The van der Waals surface area contributed by atoms with E-state index in [1.807, 2.05) is 18.2 Å². The Morgan fingerprint density at radius 1 is 1.22 bits per heavy atom. The summed E-state index contributed by atoms with van der Waals surface area (Å²) in [4.78, 5) is 17.9. The Balaban J connectivity index is 1.68. The number of ether oxygens (including phenoxy) is 1. The van der Waals surface area contributed by atoms with E-state index in [0.717, 1.165) is 5.56 Å². The molecular formula is C19H23N3O4S. The molecule has 2 aromatic rings. The maximum absolute atomic E-state index is 12.7. The van der Waals surface area contributed by atoms with Gasteiger partial charge in [-0.15, -0.1) is 0 Å². The molecule has 1 aliphatic rings. The molecule has 7 nitrogen and oxygen atoms in total. The molecule has 1 aliphatic heterocycles. The molecule has 2 heterocycles. The van der Waals surface area contributed by atoms with Gasteiger partial charge >= 0.3 is 0 Å². The fourth-order valence-electron chi connectivity index (χ4n) is 2.97. The first-order chi connectivity index (χ1) is 12.9. The number of nitrogens with zero attached hydrogens (tertiary/aromatic N) is 3. The third-order valence-corrected chi connectivity index (χ3v) is 6.20. The molecule has 1 saturated heterocycles. The molecule has 27 heavy (non-hydrogen) atoms. The minimum absolute atomic E-state index is 0.0332. The average Bonchev–Trinajstić information content (AvgIpc) is 3.11. The van der Waals surface area contributed by atoms with Crippen LogP contribution in [0.3, 0.4) is 0 Å². The first-order valence-electron chi connectivity index (χ1n) is 8.72. The third kappa shape index (κ3) is 4.64. The monoisotopic (exact) mass is 389 g/mol. The predicted molar refractivity (Wildman–Crippen MR) is 102 cm³/mol. The quantitative estimate of drug-likeness (QED) is 0.752. The summed E-state index contributed by atoms with van der Waals surface area (Å²) in [7, 11) is -0.102. The number of hydrogen-bond acceptors (Lipinski definition) is 5. The van der Waals surface area contributed by atoms with Gasteiger partial charge in [0, 0.05) is 26.8 Å². The average molecular weight is 389 g/mol. The van der Waals surface area contributed by atoms with Crippen molar-refractivity contribution < 1.29 is 17.9 Å². The van der Waals surface area contributed by atoms with E-state index >= 15 is 0 Å². The van der Waals surface area contributed by atoms with E-state index in [9.17, 15) is 13.2 Å². The molecule has 144 valence electrons. The number of pyridine rings is 1. The van der Waals surface area contributed by atoms with Crippen LogP contribution in [0, 0.1) is 0 Å². The van der Waals surface area contributed by atoms with Crippen molar-refractivity contribution in [2.75, 3.05) is 27.2 Å². The van der Waals surface area contributed by atoms with Gasteiger partial charge in [0.15, 0.2) is 0 Å². The topological polar surface area (TPSA) is 79.8 Å². The summed E-state index contributed by atoms with van der Waals surface area (Å²) in [5, 5.41) is 0. The summed E-state index contributed by atoms with van der Waals surface area (Å²) in [6.07, 6.45) is 1.78. The lowest BCUT2D eigenvalue weighted by Crippen LogP contribution is -2.32. The van der Waals surface area contributed by atoms with Gasteiger partial charge in [0.1, 0.15) is 11.7 Å². The Morgan fingerprint density at radius 2 is 1.96 bits per heavy atom. The van der Waals surface area contributed by atoms with Gasteiger partial charge in [-0.05, 0) is 24.1 Å². The van der Waals surface area contributed by atoms with Crippen LogP contribution >= 0.6 is 0 Å². The zero-order valence-corrected chi connectivity index (χ0v) is 16.2. The summed E-state index contributed by atoms with van der Waals surface area (Å²) in [6.45, 7) is 0.644. The van der Waals surface area contributed by atoms with Crippen LogP contribution in [-0.4, -0.2) is 61.8 Å². The second-order valence-electron chi connectivity index (χ2n) is 6.68. The molecular weight excluding hydrogens is 366 g/mol. The Morgan fingerprint density at radius 3 is 2.67 bits per heavy atom. The van der Waals surface area contributed by atoms with Crippen LogP contribution in [0.2, 0.25) is 0 Å². The van der Waals surface area contributed by atoms with E-state index in [1.54, 1.807) is 44.6 Å². The van der Waals surface area contributed by atoms with E-state index in [1.165, 1.54) is 9.21 Å². The highest BCUT2D eigenvalue weighted by atomic mass is 32.2. The SMILES string of the molecule is CN(C)C(=O)c1cccnc1OC1CCN(S(=O)(=O)Cc2ccccc2)C1. The highest BCUT2D eigenvalue weighted by Crippen LogP contribution is 2.23. The molecule has 3 rings (SSSR count). The maximum atomic E-state index is 12.7. The first kappa shape index (κ1) is 19.3. The lowest BCUT2D eigenvalue weighted by molar-refractivity contribution is 0.0818. The molecule has 0 N–H and O–H groups in total. The standard InChI is InChI=1S/C19H23N3O4S/c1-21(2)19(23)17-9-6-11-20-18(17)26-16-10-12-22(13-16)27(24,25)14-15-7-4-3-5-8-15/h3-9,11,16H,10,12-14H2,1-2H3. The van der Waals surface area contributed by atoms with E-state index in [4.69, 9.17) is 4.74 Å². The summed E-state index contributed by atoms with van der Waals surface area (Å²) in [6, 6.07) is 12.4. The minimum Gasteiger partial charge on any atom is -0.472 e. The molecule has 1 fully saturated rings. The second kappa shape index (κ2) is 8.06. The number of rotatable bonds is 6.